The molecule has 0 unspecified atom stereocenters. The molecule has 0 aromatic rings. The minimum absolute atomic E-state index is 0.0972. The molecule has 0 radical (unpaired) electrons. The Hall–Kier alpha value is -1.78. The van der Waals surface area contributed by atoms with Gasteiger partial charge in [0.05, 0.1) is 0 Å². The predicted octanol–water partition coefficient (Wildman–Crippen LogP) is 0.709. The van der Waals surface area contributed by atoms with Gasteiger partial charge in [-0.05, 0) is 12.2 Å². The lowest BCUT2D eigenvalue weighted by molar-refractivity contribution is -0.744. The van der Waals surface area contributed by atoms with Gasteiger partial charge in [-0.15, -0.1) is 10.1 Å². The SMILES string of the molecule is O=[N+]([O-])OC1=CC=CC=CN1. The van der Waals surface area contributed by atoms with E-state index < -0.39 is 5.09 Å². The van der Waals surface area contributed by atoms with Crippen molar-refractivity contribution in [2.45, 2.75) is 0 Å². The summed E-state index contributed by atoms with van der Waals surface area (Å²) in [5.41, 5.74) is 0. The Morgan fingerprint density at radius 1 is 1.45 bits per heavy atom. The minimum Gasteiger partial charge on any atom is -0.343 e. The van der Waals surface area contributed by atoms with Crippen LogP contribution in [0.25, 0.3) is 0 Å². The molecule has 11 heavy (non-hydrogen) atoms. The van der Waals surface area contributed by atoms with Crippen LogP contribution in [-0.4, -0.2) is 5.09 Å². The van der Waals surface area contributed by atoms with E-state index in [2.05, 4.69) is 10.2 Å². The van der Waals surface area contributed by atoms with E-state index in [1.54, 1.807) is 24.4 Å². The fraction of sp³-hybridized carbons (Fsp3) is 0. The highest BCUT2D eigenvalue weighted by Gasteiger charge is 1.99. The van der Waals surface area contributed by atoms with Crippen LogP contribution < -0.4 is 5.32 Å². The number of allylic oxidation sites excluding steroid dienone is 4. The molecule has 1 heterocycles. The summed E-state index contributed by atoms with van der Waals surface area (Å²) in [7, 11) is 0. The number of nitrogens with zero attached hydrogens (tertiary/aromatic N) is 1. The van der Waals surface area contributed by atoms with E-state index in [4.69, 9.17) is 0 Å². The molecule has 0 fully saturated rings. The highest BCUT2D eigenvalue weighted by molar-refractivity contribution is 5.17. The summed E-state index contributed by atoms with van der Waals surface area (Å²) in [6, 6.07) is 0. The fourth-order valence-corrected chi connectivity index (χ4v) is 0.578. The molecule has 0 aliphatic carbocycles. The molecule has 0 atom stereocenters. The van der Waals surface area contributed by atoms with Gasteiger partial charge in [0.25, 0.3) is 0 Å². The van der Waals surface area contributed by atoms with Crippen LogP contribution in [0, 0.1) is 10.1 Å². The van der Waals surface area contributed by atoms with Crippen LogP contribution in [0.15, 0.2) is 36.4 Å². The quantitative estimate of drug-likeness (QED) is 0.470. The van der Waals surface area contributed by atoms with Crippen molar-refractivity contribution < 1.29 is 9.92 Å². The first kappa shape index (κ1) is 7.33. The van der Waals surface area contributed by atoms with E-state index in [0.29, 0.717) is 0 Å². The third-order valence-electron chi connectivity index (χ3n) is 0.965. The average Bonchev–Trinajstić information content (AvgIpc) is 2.14. The van der Waals surface area contributed by atoms with Crippen LogP contribution in [0.3, 0.4) is 0 Å². The van der Waals surface area contributed by atoms with Crippen molar-refractivity contribution in [1.82, 2.24) is 5.32 Å². The third-order valence-corrected chi connectivity index (χ3v) is 0.965. The maximum absolute atomic E-state index is 9.83. The highest BCUT2D eigenvalue weighted by Crippen LogP contribution is 1.96. The first-order valence-electron chi connectivity index (χ1n) is 2.91. The molecule has 0 bridgehead atoms. The van der Waals surface area contributed by atoms with Crippen molar-refractivity contribution in [1.29, 1.82) is 0 Å². The van der Waals surface area contributed by atoms with Crippen LogP contribution in [-0.2, 0) is 4.84 Å². The van der Waals surface area contributed by atoms with Gasteiger partial charge in [0.2, 0.25) is 0 Å². The standard InChI is InChI=1S/C6H6N2O3/c9-8(10)11-6-4-2-1-3-5-7-6/h1-5,7H. The second-order valence-electron chi connectivity index (χ2n) is 1.73. The first-order chi connectivity index (χ1) is 5.29. The number of hydrogen-bond acceptors (Lipinski definition) is 4. The van der Waals surface area contributed by atoms with Crippen LogP contribution in [0.4, 0.5) is 0 Å². The lowest BCUT2D eigenvalue weighted by atomic mass is 10.5. The van der Waals surface area contributed by atoms with Gasteiger partial charge in [-0.25, -0.2) is 0 Å². The molecule has 0 saturated heterocycles. The molecule has 5 heteroatoms. The van der Waals surface area contributed by atoms with Gasteiger partial charge in [0.1, 0.15) is 0 Å². The Labute approximate surface area is 62.8 Å². The van der Waals surface area contributed by atoms with E-state index in [0.717, 1.165) is 0 Å². The highest BCUT2D eigenvalue weighted by atomic mass is 17.0. The molecule has 1 aliphatic heterocycles. The Balaban J connectivity index is 2.57. The number of hydrogen-bond donors (Lipinski definition) is 1. The summed E-state index contributed by atoms with van der Waals surface area (Å²) < 4.78 is 0. The number of rotatable bonds is 2. The van der Waals surface area contributed by atoms with Crippen molar-refractivity contribution in [3.63, 3.8) is 0 Å². The second-order valence-corrected chi connectivity index (χ2v) is 1.73. The van der Waals surface area contributed by atoms with E-state index >= 15 is 0 Å². The summed E-state index contributed by atoms with van der Waals surface area (Å²) in [4.78, 5) is 14.0. The molecule has 0 amide bonds. The lowest BCUT2D eigenvalue weighted by Gasteiger charge is -2.00. The Kier molecular flexibility index (Phi) is 2.27. The fourth-order valence-electron chi connectivity index (χ4n) is 0.578. The van der Waals surface area contributed by atoms with Crippen molar-refractivity contribution in [2.24, 2.45) is 0 Å². The molecule has 0 aromatic carbocycles. The van der Waals surface area contributed by atoms with Crippen LogP contribution >= 0.6 is 0 Å². The van der Waals surface area contributed by atoms with Crippen molar-refractivity contribution in [3.8, 4) is 0 Å². The molecular formula is C6H6N2O3. The Morgan fingerprint density at radius 3 is 3.00 bits per heavy atom. The molecule has 0 aromatic heterocycles. The van der Waals surface area contributed by atoms with Gasteiger partial charge >= 0.3 is 5.09 Å². The van der Waals surface area contributed by atoms with Gasteiger partial charge < -0.3 is 5.32 Å². The lowest BCUT2D eigenvalue weighted by Crippen LogP contribution is -2.11. The second kappa shape index (κ2) is 3.40. The monoisotopic (exact) mass is 154 g/mol. The Morgan fingerprint density at radius 2 is 2.27 bits per heavy atom. The molecule has 1 aliphatic rings. The largest absolute Gasteiger partial charge is 0.343 e. The minimum atomic E-state index is -0.869. The summed E-state index contributed by atoms with van der Waals surface area (Å²) in [6.07, 6.45) is 8.06. The van der Waals surface area contributed by atoms with E-state index in [1.807, 2.05) is 0 Å². The van der Waals surface area contributed by atoms with E-state index in [-0.39, 0.29) is 5.88 Å². The zero-order chi connectivity index (χ0) is 8.10. The average molecular weight is 154 g/mol. The van der Waals surface area contributed by atoms with E-state index in [1.165, 1.54) is 6.08 Å². The van der Waals surface area contributed by atoms with Gasteiger partial charge in [-0.1, -0.05) is 12.2 Å². The summed E-state index contributed by atoms with van der Waals surface area (Å²) in [5, 5.41) is 11.5. The molecule has 1 N–H and O–H groups in total. The normalized spacial score (nSPS) is 14.7. The zero-order valence-electron chi connectivity index (χ0n) is 5.56. The van der Waals surface area contributed by atoms with Crippen molar-refractivity contribution in [2.75, 3.05) is 0 Å². The molecule has 5 nitrogen and oxygen atoms in total. The summed E-state index contributed by atoms with van der Waals surface area (Å²) in [6.45, 7) is 0. The molecule has 0 spiro atoms. The molecular weight excluding hydrogens is 148 g/mol. The smallest absolute Gasteiger partial charge is 0.301 e. The maximum Gasteiger partial charge on any atom is 0.301 e. The van der Waals surface area contributed by atoms with Gasteiger partial charge in [0, 0.05) is 6.20 Å². The van der Waals surface area contributed by atoms with Gasteiger partial charge in [-0.2, -0.15) is 0 Å². The van der Waals surface area contributed by atoms with Crippen molar-refractivity contribution in [3.05, 3.63) is 46.5 Å². The molecule has 1 rings (SSSR count). The van der Waals surface area contributed by atoms with E-state index in [9.17, 15) is 10.1 Å². The van der Waals surface area contributed by atoms with Gasteiger partial charge in [-0.3, -0.25) is 4.84 Å². The van der Waals surface area contributed by atoms with Crippen LogP contribution in [0.2, 0.25) is 0 Å². The van der Waals surface area contributed by atoms with Crippen LogP contribution in [0.5, 0.6) is 0 Å². The number of nitrogens with one attached hydrogen (secondary N) is 1. The first-order valence-corrected chi connectivity index (χ1v) is 2.91. The summed E-state index contributed by atoms with van der Waals surface area (Å²) >= 11 is 0. The topological polar surface area (TPSA) is 64.4 Å². The Bertz CT molecular complexity index is 242. The third kappa shape index (κ3) is 2.53. The van der Waals surface area contributed by atoms with Crippen molar-refractivity contribution >= 4 is 0 Å². The maximum atomic E-state index is 9.83. The summed E-state index contributed by atoms with van der Waals surface area (Å²) in [5.74, 6) is 0.0972. The molecule has 58 valence electrons. The van der Waals surface area contributed by atoms with Gasteiger partial charge in [0.15, 0.2) is 5.88 Å². The zero-order valence-corrected chi connectivity index (χ0v) is 5.56. The molecule has 0 saturated carbocycles. The van der Waals surface area contributed by atoms with Crippen LogP contribution in [0.1, 0.15) is 0 Å². The predicted molar refractivity (Wildman–Crippen MR) is 37.6 cm³/mol.